The smallest absolute Gasteiger partial charge is 0.0618 e. The van der Waals surface area contributed by atoms with Crippen molar-refractivity contribution in [3.8, 4) is 0 Å². The maximum Gasteiger partial charge on any atom is 0.0618 e. The van der Waals surface area contributed by atoms with E-state index >= 15 is 0 Å². The summed E-state index contributed by atoms with van der Waals surface area (Å²) in [5, 5.41) is 3.64. The first-order chi connectivity index (χ1) is 7.81. The molecule has 1 aromatic heterocycles. The van der Waals surface area contributed by atoms with Gasteiger partial charge in [0.25, 0.3) is 0 Å². The molecule has 1 aliphatic rings. The second-order valence-electron chi connectivity index (χ2n) is 4.57. The number of nitrogens with zero attached hydrogens (tertiary/aromatic N) is 1. The third kappa shape index (κ3) is 3.03. The molecule has 0 spiro atoms. The average molecular weight is 220 g/mol. The van der Waals surface area contributed by atoms with Crippen LogP contribution in [0, 0.1) is 5.92 Å². The molecule has 0 saturated heterocycles. The van der Waals surface area contributed by atoms with Crippen molar-refractivity contribution in [2.75, 3.05) is 13.7 Å². The largest absolute Gasteiger partial charge is 0.383 e. The Morgan fingerprint density at radius 3 is 2.69 bits per heavy atom. The van der Waals surface area contributed by atoms with Gasteiger partial charge in [-0.2, -0.15) is 0 Å². The van der Waals surface area contributed by atoms with E-state index in [1.54, 1.807) is 7.11 Å². The first-order valence-electron chi connectivity index (χ1n) is 5.96. The molecule has 88 valence electrons. The van der Waals surface area contributed by atoms with Crippen LogP contribution in [0.2, 0.25) is 0 Å². The molecule has 16 heavy (non-hydrogen) atoms. The summed E-state index contributed by atoms with van der Waals surface area (Å²) in [5.41, 5.74) is 1.29. The van der Waals surface area contributed by atoms with Crippen LogP contribution in [-0.2, 0) is 4.74 Å². The van der Waals surface area contributed by atoms with Crippen LogP contribution in [0.3, 0.4) is 0 Å². The highest BCUT2D eigenvalue weighted by Gasteiger charge is 2.31. The summed E-state index contributed by atoms with van der Waals surface area (Å²) in [6.45, 7) is 3.00. The fraction of sp³-hybridized carbons (Fsp3) is 0.615. The lowest BCUT2D eigenvalue weighted by molar-refractivity contribution is 0.152. The van der Waals surface area contributed by atoms with E-state index in [0.29, 0.717) is 12.1 Å². The zero-order chi connectivity index (χ0) is 11.4. The van der Waals surface area contributed by atoms with Crippen molar-refractivity contribution in [2.45, 2.75) is 31.8 Å². The second kappa shape index (κ2) is 5.41. The van der Waals surface area contributed by atoms with Gasteiger partial charge >= 0.3 is 0 Å². The molecule has 1 N–H and O–H groups in total. The highest BCUT2D eigenvalue weighted by molar-refractivity contribution is 5.14. The summed E-state index contributed by atoms with van der Waals surface area (Å²) in [4.78, 5) is 4.04. The van der Waals surface area contributed by atoms with Crippen molar-refractivity contribution < 1.29 is 4.74 Å². The third-order valence-electron chi connectivity index (χ3n) is 3.21. The second-order valence-corrected chi connectivity index (χ2v) is 4.57. The maximum atomic E-state index is 5.27. The molecule has 1 aliphatic carbocycles. The quantitative estimate of drug-likeness (QED) is 0.797. The Hall–Kier alpha value is -0.930. The predicted molar refractivity (Wildman–Crippen MR) is 64.2 cm³/mol. The molecule has 0 amide bonds. The zero-order valence-electron chi connectivity index (χ0n) is 10.0. The van der Waals surface area contributed by atoms with Gasteiger partial charge in [-0.15, -0.1) is 0 Å². The number of ether oxygens (including phenoxy) is 1. The monoisotopic (exact) mass is 220 g/mol. The summed E-state index contributed by atoms with van der Waals surface area (Å²) >= 11 is 0. The summed E-state index contributed by atoms with van der Waals surface area (Å²) in [6.07, 6.45) is 6.36. The highest BCUT2D eigenvalue weighted by atomic mass is 16.5. The van der Waals surface area contributed by atoms with Crippen LogP contribution in [0.1, 0.15) is 31.4 Å². The Balaban J connectivity index is 1.92. The minimum atomic E-state index is 0.365. The fourth-order valence-corrected chi connectivity index (χ4v) is 2.07. The predicted octanol–water partition coefficient (Wildman–Crippen LogP) is 2.16. The van der Waals surface area contributed by atoms with E-state index < -0.39 is 0 Å². The average Bonchev–Trinajstić information content (AvgIpc) is 3.13. The van der Waals surface area contributed by atoms with Gasteiger partial charge in [0.05, 0.1) is 6.61 Å². The molecule has 0 aliphatic heterocycles. The Bertz CT molecular complexity index is 311. The molecule has 3 nitrogen and oxygen atoms in total. The van der Waals surface area contributed by atoms with Crippen molar-refractivity contribution in [3.05, 3.63) is 30.1 Å². The zero-order valence-corrected chi connectivity index (χ0v) is 10.0. The van der Waals surface area contributed by atoms with E-state index in [0.717, 1.165) is 12.5 Å². The Morgan fingerprint density at radius 1 is 1.44 bits per heavy atom. The van der Waals surface area contributed by atoms with Crippen LogP contribution in [0.25, 0.3) is 0 Å². The normalized spacial score (nSPS) is 19.4. The number of pyridine rings is 1. The lowest BCUT2D eigenvalue weighted by Crippen LogP contribution is -2.36. The number of hydrogen-bond acceptors (Lipinski definition) is 3. The molecule has 1 saturated carbocycles. The van der Waals surface area contributed by atoms with Gasteiger partial charge in [-0.05, 0) is 43.4 Å². The van der Waals surface area contributed by atoms with E-state index in [-0.39, 0.29) is 0 Å². The van der Waals surface area contributed by atoms with Crippen molar-refractivity contribution in [3.63, 3.8) is 0 Å². The molecule has 1 fully saturated rings. The summed E-state index contributed by atoms with van der Waals surface area (Å²) < 4.78 is 5.27. The fourth-order valence-electron chi connectivity index (χ4n) is 2.07. The molecular formula is C13H20N2O. The Kier molecular flexibility index (Phi) is 3.91. The number of aromatic nitrogens is 1. The molecule has 1 heterocycles. The van der Waals surface area contributed by atoms with Gasteiger partial charge in [0.15, 0.2) is 0 Å². The SMILES string of the molecule is COCC(NC(C)c1ccncc1)C1CC1. The van der Waals surface area contributed by atoms with Crippen LogP contribution in [0.15, 0.2) is 24.5 Å². The third-order valence-corrected chi connectivity index (χ3v) is 3.21. The van der Waals surface area contributed by atoms with Crippen molar-refractivity contribution in [1.29, 1.82) is 0 Å². The number of hydrogen-bond donors (Lipinski definition) is 1. The minimum absolute atomic E-state index is 0.365. The molecular weight excluding hydrogens is 200 g/mol. The van der Waals surface area contributed by atoms with Gasteiger partial charge in [-0.25, -0.2) is 0 Å². The van der Waals surface area contributed by atoms with Crippen LogP contribution < -0.4 is 5.32 Å². The summed E-state index contributed by atoms with van der Waals surface area (Å²) in [5.74, 6) is 0.809. The molecule has 2 unspecified atom stereocenters. The lowest BCUT2D eigenvalue weighted by Gasteiger charge is -2.22. The highest BCUT2D eigenvalue weighted by Crippen LogP contribution is 2.33. The standard InChI is InChI=1S/C13H20N2O/c1-10(11-5-7-14-8-6-11)15-13(9-16-2)12-3-4-12/h5-8,10,12-13,15H,3-4,9H2,1-2H3. The van der Waals surface area contributed by atoms with Crippen LogP contribution in [0.4, 0.5) is 0 Å². The van der Waals surface area contributed by atoms with Crippen molar-refractivity contribution in [2.24, 2.45) is 5.92 Å². The van der Waals surface area contributed by atoms with Gasteiger partial charge in [0.2, 0.25) is 0 Å². The van der Waals surface area contributed by atoms with E-state index in [4.69, 9.17) is 4.74 Å². The van der Waals surface area contributed by atoms with Gasteiger partial charge in [-0.1, -0.05) is 0 Å². The molecule has 2 rings (SSSR count). The number of methoxy groups -OCH3 is 1. The van der Waals surface area contributed by atoms with E-state index in [1.807, 2.05) is 12.4 Å². The number of rotatable bonds is 6. The van der Waals surface area contributed by atoms with E-state index in [1.165, 1.54) is 18.4 Å². The van der Waals surface area contributed by atoms with Crippen molar-refractivity contribution in [1.82, 2.24) is 10.3 Å². The molecule has 0 bridgehead atoms. The first kappa shape index (κ1) is 11.6. The first-order valence-corrected chi connectivity index (χ1v) is 5.96. The summed E-state index contributed by atoms with van der Waals surface area (Å²) in [7, 11) is 1.77. The van der Waals surface area contributed by atoms with Gasteiger partial charge in [0, 0.05) is 31.6 Å². The Labute approximate surface area is 97.2 Å². The minimum Gasteiger partial charge on any atom is -0.383 e. The molecule has 0 aromatic carbocycles. The van der Waals surface area contributed by atoms with Crippen molar-refractivity contribution >= 4 is 0 Å². The van der Waals surface area contributed by atoms with Gasteiger partial charge < -0.3 is 10.1 Å². The molecule has 3 heteroatoms. The van der Waals surface area contributed by atoms with Gasteiger partial charge in [0.1, 0.15) is 0 Å². The topological polar surface area (TPSA) is 34.1 Å². The van der Waals surface area contributed by atoms with Crippen LogP contribution in [0.5, 0.6) is 0 Å². The van der Waals surface area contributed by atoms with E-state index in [9.17, 15) is 0 Å². The molecule has 0 radical (unpaired) electrons. The van der Waals surface area contributed by atoms with Gasteiger partial charge in [-0.3, -0.25) is 4.98 Å². The molecule has 1 aromatic rings. The number of nitrogens with one attached hydrogen (secondary N) is 1. The summed E-state index contributed by atoms with van der Waals surface area (Å²) in [6, 6.07) is 4.99. The van der Waals surface area contributed by atoms with Crippen LogP contribution >= 0.6 is 0 Å². The Morgan fingerprint density at radius 2 is 2.12 bits per heavy atom. The lowest BCUT2D eigenvalue weighted by atomic mass is 10.1. The van der Waals surface area contributed by atoms with Crippen LogP contribution in [-0.4, -0.2) is 24.7 Å². The maximum absolute atomic E-state index is 5.27. The molecule has 2 atom stereocenters. The van der Waals surface area contributed by atoms with E-state index in [2.05, 4.69) is 29.4 Å².